The van der Waals surface area contributed by atoms with Crippen LogP contribution in [0.5, 0.6) is 0 Å². The Morgan fingerprint density at radius 3 is 2.79 bits per heavy atom. The van der Waals surface area contributed by atoms with Gasteiger partial charge in [-0.3, -0.25) is 4.99 Å². The van der Waals surface area contributed by atoms with Gasteiger partial charge in [-0.25, -0.2) is 0 Å². The molecule has 1 aromatic carbocycles. The van der Waals surface area contributed by atoms with Crippen molar-refractivity contribution in [2.24, 2.45) is 4.99 Å². The lowest BCUT2D eigenvalue weighted by Gasteiger charge is -2.15. The molecule has 0 bridgehead atoms. The van der Waals surface area contributed by atoms with E-state index in [1.54, 1.807) is 7.05 Å². The van der Waals surface area contributed by atoms with Gasteiger partial charge in [0.25, 0.3) is 0 Å². The summed E-state index contributed by atoms with van der Waals surface area (Å²) in [5, 5.41) is 7.30. The van der Waals surface area contributed by atoms with E-state index in [1.165, 1.54) is 5.56 Å². The van der Waals surface area contributed by atoms with Crippen molar-refractivity contribution in [3.05, 3.63) is 34.9 Å². The fraction of sp³-hybridized carbons (Fsp3) is 0.500. The molecule has 0 spiro atoms. The first kappa shape index (κ1) is 14.2. The molecule has 0 saturated carbocycles. The van der Waals surface area contributed by atoms with Gasteiger partial charge in [-0.15, -0.1) is 0 Å². The fourth-order valence-electron chi connectivity index (χ4n) is 2.02. The van der Waals surface area contributed by atoms with Gasteiger partial charge in [0.2, 0.25) is 0 Å². The highest BCUT2D eigenvalue weighted by Crippen LogP contribution is 2.10. The Morgan fingerprint density at radius 2 is 2.16 bits per heavy atom. The number of nitrogens with one attached hydrogen (secondary N) is 2. The standard InChI is InChI=1S/C14H20ClN3O/c1-16-14(18-10-13-3-2-8-19-13)17-9-11-4-6-12(15)7-5-11/h4-7,13H,2-3,8-10H2,1H3,(H2,16,17,18). The number of guanidine groups is 1. The van der Waals surface area contributed by atoms with Crippen molar-refractivity contribution >= 4 is 17.6 Å². The average molecular weight is 282 g/mol. The number of aliphatic imine (C=N–C) groups is 1. The third kappa shape index (κ3) is 4.73. The Balaban J connectivity index is 1.74. The van der Waals surface area contributed by atoms with E-state index >= 15 is 0 Å². The van der Waals surface area contributed by atoms with Gasteiger partial charge in [0.15, 0.2) is 5.96 Å². The zero-order chi connectivity index (χ0) is 13.5. The van der Waals surface area contributed by atoms with Gasteiger partial charge in [-0.2, -0.15) is 0 Å². The lowest BCUT2D eigenvalue weighted by atomic mass is 10.2. The third-order valence-electron chi connectivity index (χ3n) is 3.12. The molecule has 2 rings (SSSR count). The molecule has 0 aliphatic carbocycles. The predicted molar refractivity (Wildman–Crippen MR) is 78.6 cm³/mol. The summed E-state index contributed by atoms with van der Waals surface area (Å²) in [5.74, 6) is 0.797. The van der Waals surface area contributed by atoms with Crippen LogP contribution in [-0.4, -0.2) is 32.3 Å². The largest absolute Gasteiger partial charge is 0.376 e. The molecule has 1 heterocycles. The third-order valence-corrected chi connectivity index (χ3v) is 3.37. The van der Waals surface area contributed by atoms with Crippen LogP contribution in [0, 0.1) is 0 Å². The van der Waals surface area contributed by atoms with Crippen LogP contribution in [0.3, 0.4) is 0 Å². The Bertz CT molecular complexity index is 413. The molecule has 1 atom stereocenters. The summed E-state index contributed by atoms with van der Waals surface area (Å²) in [5.41, 5.74) is 1.17. The van der Waals surface area contributed by atoms with E-state index in [1.807, 2.05) is 24.3 Å². The monoisotopic (exact) mass is 281 g/mol. The fourth-order valence-corrected chi connectivity index (χ4v) is 2.15. The van der Waals surface area contributed by atoms with Crippen molar-refractivity contribution in [1.29, 1.82) is 0 Å². The molecule has 0 amide bonds. The van der Waals surface area contributed by atoms with E-state index in [0.29, 0.717) is 6.10 Å². The first-order valence-electron chi connectivity index (χ1n) is 6.58. The number of halogens is 1. The second-order valence-corrected chi connectivity index (χ2v) is 5.00. The van der Waals surface area contributed by atoms with E-state index < -0.39 is 0 Å². The Labute approximate surface area is 119 Å². The number of nitrogens with zero attached hydrogens (tertiary/aromatic N) is 1. The molecule has 1 fully saturated rings. The van der Waals surface area contributed by atoms with Crippen molar-refractivity contribution in [2.45, 2.75) is 25.5 Å². The summed E-state index contributed by atoms with van der Waals surface area (Å²) in [7, 11) is 1.77. The van der Waals surface area contributed by atoms with Crippen LogP contribution in [-0.2, 0) is 11.3 Å². The number of benzene rings is 1. The molecule has 19 heavy (non-hydrogen) atoms. The van der Waals surface area contributed by atoms with E-state index in [0.717, 1.165) is 43.5 Å². The lowest BCUT2D eigenvalue weighted by molar-refractivity contribution is 0.114. The Morgan fingerprint density at radius 1 is 1.37 bits per heavy atom. The van der Waals surface area contributed by atoms with Crippen LogP contribution in [0.4, 0.5) is 0 Å². The van der Waals surface area contributed by atoms with E-state index in [4.69, 9.17) is 16.3 Å². The van der Waals surface area contributed by atoms with Crippen LogP contribution >= 0.6 is 11.6 Å². The summed E-state index contributed by atoms with van der Waals surface area (Å²) >= 11 is 5.85. The molecule has 1 aliphatic heterocycles. The normalized spacial score (nSPS) is 19.5. The highest BCUT2D eigenvalue weighted by Gasteiger charge is 2.15. The van der Waals surface area contributed by atoms with Gasteiger partial charge >= 0.3 is 0 Å². The van der Waals surface area contributed by atoms with Gasteiger partial charge < -0.3 is 15.4 Å². The highest BCUT2D eigenvalue weighted by atomic mass is 35.5. The maximum absolute atomic E-state index is 5.85. The SMILES string of the molecule is CN=C(NCc1ccc(Cl)cc1)NCC1CCCO1. The van der Waals surface area contributed by atoms with E-state index in [-0.39, 0.29) is 0 Å². The summed E-state index contributed by atoms with van der Waals surface area (Å²) in [4.78, 5) is 4.19. The second kappa shape index (κ2) is 7.36. The minimum atomic E-state index is 0.314. The van der Waals surface area contributed by atoms with E-state index in [9.17, 15) is 0 Å². The first-order chi connectivity index (χ1) is 9.28. The first-order valence-corrected chi connectivity index (χ1v) is 6.96. The summed E-state index contributed by atoms with van der Waals surface area (Å²) in [6.45, 7) is 2.41. The van der Waals surface area contributed by atoms with Crippen molar-refractivity contribution in [3.63, 3.8) is 0 Å². The number of ether oxygens (including phenoxy) is 1. The molecule has 0 aromatic heterocycles. The van der Waals surface area contributed by atoms with Crippen molar-refractivity contribution in [3.8, 4) is 0 Å². The van der Waals surface area contributed by atoms with Crippen molar-refractivity contribution in [1.82, 2.24) is 10.6 Å². The molecule has 104 valence electrons. The van der Waals surface area contributed by atoms with Gasteiger partial charge in [0.1, 0.15) is 0 Å². The molecule has 4 nitrogen and oxygen atoms in total. The summed E-state index contributed by atoms with van der Waals surface area (Å²) < 4.78 is 5.56. The molecular weight excluding hydrogens is 262 g/mol. The maximum atomic E-state index is 5.85. The van der Waals surface area contributed by atoms with Crippen molar-refractivity contribution in [2.75, 3.05) is 20.2 Å². The molecule has 0 radical (unpaired) electrons. The molecule has 2 N–H and O–H groups in total. The lowest BCUT2D eigenvalue weighted by Crippen LogP contribution is -2.40. The molecule has 1 aliphatic rings. The summed E-state index contributed by atoms with van der Waals surface area (Å²) in [6.07, 6.45) is 2.60. The minimum absolute atomic E-state index is 0.314. The zero-order valence-corrected chi connectivity index (χ0v) is 11.9. The number of hydrogen-bond donors (Lipinski definition) is 2. The number of rotatable bonds is 4. The zero-order valence-electron chi connectivity index (χ0n) is 11.2. The van der Waals surface area contributed by atoms with Crippen LogP contribution in [0.25, 0.3) is 0 Å². The van der Waals surface area contributed by atoms with Gasteiger partial charge in [-0.1, -0.05) is 23.7 Å². The molecule has 1 unspecified atom stereocenters. The average Bonchev–Trinajstić information content (AvgIpc) is 2.94. The molecule has 1 aromatic rings. The minimum Gasteiger partial charge on any atom is -0.376 e. The smallest absolute Gasteiger partial charge is 0.191 e. The van der Waals surface area contributed by atoms with Gasteiger partial charge in [0.05, 0.1) is 6.10 Å². The van der Waals surface area contributed by atoms with Crippen molar-refractivity contribution < 1.29 is 4.74 Å². The van der Waals surface area contributed by atoms with Gasteiger partial charge in [-0.05, 0) is 30.5 Å². The van der Waals surface area contributed by atoms with Crippen LogP contribution in [0.1, 0.15) is 18.4 Å². The molecular formula is C14H20ClN3O. The predicted octanol–water partition coefficient (Wildman–Crippen LogP) is 2.18. The van der Waals surface area contributed by atoms with Crippen LogP contribution < -0.4 is 10.6 Å². The van der Waals surface area contributed by atoms with Crippen LogP contribution in [0.15, 0.2) is 29.3 Å². The van der Waals surface area contributed by atoms with E-state index in [2.05, 4.69) is 15.6 Å². The summed E-state index contributed by atoms with van der Waals surface area (Å²) in [6, 6.07) is 7.79. The highest BCUT2D eigenvalue weighted by molar-refractivity contribution is 6.30. The Kier molecular flexibility index (Phi) is 5.48. The maximum Gasteiger partial charge on any atom is 0.191 e. The quantitative estimate of drug-likeness (QED) is 0.657. The van der Waals surface area contributed by atoms with Crippen LogP contribution in [0.2, 0.25) is 5.02 Å². The molecule has 5 heteroatoms. The topological polar surface area (TPSA) is 45.7 Å². The number of hydrogen-bond acceptors (Lipinski definition) is 2. The Hall–Kier alpha value is -1.26. The van der Waals surface area contributed by atoms with Gasteiger partial charge in [0, 0.05) is 31.8 Å². The second-order valence-electron chi connectivity index (χ2n) is 4.57. The molecule has 1 saturated heterocycles.